The lowest BCUT2D eigenvalue weighted by Gasteiger charge is -2.46. The van der Waals surface area contributed by atoms with Crippen LogP contribution in [0.5, 0.6) is 0 Å². The van der Waals surface area contributed by atoms with Gasteiger partial charge in [-0.05, 0) is 91.4 Å². The van der Waals surface area contributed by atoms with Gasteiger partial charge in [-0.15, -0.1) is 0 Å². The molecule has 2 aromatic carbocycles. The van der Waals surface area contributed by atoms with Crippen LogP contribution in [0.3, 0.4) is 0 Å². The number of nitrogens with one attached hydrogen (secondary N) is 1. The molecule has 2 aromatic rings. The number of rotatable bonds is 24. The van der Waals surface area contributed by atoms with E-state index in [1.54, 1.807) is 0 Å². The van der Waals surface area contributed by atoms with Crippen molar-refractivity contribution in [1.82, 2.24) is 5.32 Å². The van der Waals surface area contributed by atoms with Gasteiger partial charge < -0.3 is 46.6 Å². The number of hydrogen-bond donors (Lipinski definition) is 4. The molecular weight excluding hydrogens is 645 g/mol. The summed E-state index contributed by atoms with van der Waals surface area (Å²) in [6.07, 6.45) is 3.40. The lowest BCUT2D eigenvalue weighted by molar-refractivity contribution is 0.0397. The van der Waals surface area contributed by atoms with Crippen LogP contribution in [0.2, 0.25) is 11.1 Å². The highest BCUT2D eigenvalue weighted by Crippen LogP contribution is 2.49. The molecule has 14 heteroatoms. The van der Waals surface area contributed by atoms with Gasteiger partial charge in [0.05, 0.1) is 0 Å². The fourth-order valence-electron chi connectivity index (χ4n) is 5.62. The van der Waals surface area contributed by atoms with E-state index in [0.717, 1.165) is 44.8 Å². The van der Waals surface area contributed by atoms with Gasteiger partial charge in [-0.3, -0.25) is 0 Å². The Labute approximate surface area is 278 Å². The molecule has 46 heavy (non-hydrogen) atoms. The minimum Gasteiger partial charge on any atom is -0.374 e. The molecule has 11 nitrogen and oxygen atoms in total. The number of phosphoric acid groups is 1. The molecule has 0 aliphatic rings. The maximum Gasteiger partial charge on any atom is 0.508 e. The molecule has 2 rings (SSSR count). The van der Waals surface area contributed by atoms with E-state index in [0.29, 0.717) is 39.6 Å². The summed E-state index contributed by atoms with van der Waals surface area (Å²) in [5.41, 5.74) is 2.53. The lowest BCUT2D eigenvalue weighted by atomic mass is 9.88. The van der Waals surface area contributed by atoms with Gasteiger partial charge in [-0.2, -0.15) is 0 Å². The molecule has 0 saturated heterocycles. The molecule has 0 amide bonds. The second kappa shape index (κ2) is 23.1. The monoisotopic (exact) mass is 703 g/mol. The van der Waals surface area contributed by atoms with Crippen molar-refractivity contribution in [2.24, 2.45) is 0 Å². The summed E-state index contributed by atoms with van der Waals surface area (Å²) in [4.78, 5) is 21.6. The molecule has 4 N–H and O–H groups in total. The van der Waals surface area contributed by atoms with Gasteiger partial charge in [-0.25, -0.2) is 4.57 Å². The zero-order chi connectivity index (χ0) is 34.4. The van der Waals surface area contributed by atoms with E-state index >= 15 is 0 Å². The molecule has 0 heterocycles. The molecule has 0 radical (unpaired) electrons. The summed E-state index contributed by atoms with van der Waals surface area (Å²) in [6.45, 7) is 17.2. The Morgan fingerprint density at radius 2 is 1.00 bits per heavy atom. The SMILES string of the molecule is CCO[Si](CCCNCCC(Cc1ccccc1)(Cc1ccccc1)[Si](OCC)(OCC)OCC)(OCC)OCC.O=P(O)(O)O. The standard InChI is InChI=1S/C32H55NO6Si2.H3O4P/c1-7-34-40(35-8-2,36-9-3)27-19-25-33-26-24-32(28-30-20-15-13-16-21-30,29-31-22-17-14-18-23-31)41(37-10-4,38-11-5)39-12-6;1-5(2,3)4/h13-18,20-23,33H,7-12,19,24-29H2,1-6H3;(H3,1,2,3,4). The first-order valence-corrected chi connectivity index (χ1v) is 21.6. The second-order valence-corrected chi connectivity index (χ2v) is 17.4. The van der Waals surface area contributed by atoms with Crippen LogP contribution in [-0.4, -0.2) is 85.0 Å². The Balaban J connectivity index is 0.00000195. The van der Waals surface area contributed by atoms with Gasteiger partial charge in [0.25, 0.3) is 0 Å². The van der Waals surface area contributed by atoms with Crippen molar-refractivity contribution in [3.63, 3.8) is 0 Å². The highest BCUT2D eigenvalue weighted by atomic mass is 31.2. The van der Waals surface area contributed by atoms with Gasteiger partial charge in [0.15, 0.2) is 0 Å². The Bertz CT molecular complexity index is 997. The van der Waals surface area contributed by atoms with E-state index in [1.807, 2.05) is 41.5 Å². The molecule has 0 atom stereocenters. The number of benzene rings is 2. The van der Waals surface area contributed by atoms with Gasteiger partial charge in [0.2, 0.25) is 0 Å². The average Bonchev–Trinajstić information content (AvgIpc) is 3.00. The van der Waals surface area contributed by atoms with Crippen LogP contribution < -0.4 is 5.32 Å². The van der Waals surface area contributed by atoms with Gasteiger partial charge in [0.1, 0.15) is 0 Å². The van der Waals surface area contributed by atoms with Crippen molar-refractivity contribution < 1.29 is 45.8 Å². The van der Waals surface area contributed by atoms with Crippen LogP contribution in [0.15, 0.2) is 60.7 Å². The second-order valence-electron chi connectivity index (χ2n) is 10.6. The predicted octanol–water partition coefficient (Wildman–Crippen LogP) is 5.75. The third-order valence-corrected chi connectivity index (χ3v) is 14.2. The van der Waals surface area contributed by atoms with Crippen LogP contribution in [0.1, 0.15) is 65.5 Å². The van der Waals surface area contributed by atoms with Crippen molar-refractivity contribution in [3.8, 4) is 0 Å². The maximum absolute atomic E-state index is 8.88. The van der Waals surface area contributed by atoms with E-state index in [1.165, 1.54) is 11.1 Å². The minimum atomic E-state index is -4.64. The van der Waals surface area contributed by atoms with Crippen molar-refractivity contribution in [2.45, 2.75) is 78.3 Å². The third kappa shape index (κ3) is 15.7. The summed E-state index contributed by atoms with van der Waals surface area (Å²) in [6, 6.07) is 22.2. The van der Waals surface area contributed by atoms with Crippen molar-refractivity contribution in [3.05, 3.63) is 71.8 Å². The fraction of sp³-hybridized carbons (Fsp3) is 0.625. The minimum absolute atomic E-state index is 0.356. The zero-order valence-corrected chi connectivity index (χ0v) is 31.5. The third-order valence-electron chi connectivity index (χ3n) is 7.13. The van der Waals surface area contributed by atoms with E-state index in [9.17, 15) is 0 Å². The summed E-state index contributed by atoms with van der Waals surface area (Å²) >= 11 is 0. The van der Waals surface area contributed by atoms with Crippen LogP contribution in [0.4, 0.5) is 0 Å². The molecule has 0 unspecified atom stereocenters. The summed E-state index contributed by atoms with van der Waals surface area (Å²) in [7, 11) is -10.5. The van der Waals surface area contributed by atoms with Gasteiger partial charge >= 0.3 is 25.4 Å². The first-order valence-electron chi connectivity index (χ1n) is 16.4. The normalized spacial score (nSPS) is 12.5. The molecular formula is C32H58NO10PSi2. The smallest absolute Gasteiger partial charge is 0.374 e. The van der Waals surface area contributed by atoms with E-state index in [2.05, 4.69) is 66.0 Å². The Kier molecular flexibility index (Phi) is 21.5. The molecule has 0 bridgehead atoms. The van der Waals surface area contributed by atoms with Crippen LogP contribution in [0.25, 0.3) is 0 Å². The van der Waals surface area contributed by atoms with E-state index < -0.39 is 25.4 Å². The summed E-state index contributed by atoms with van der Waals surface area (Å²) in [5.74, 6) is 0. The zero-order valence-electron chi connectivity index (χ0n) is 28.6. The molecule has 0 fully saturated rings. The molecule has 0 aromatic heterocycles. The quantitative estimate of drug-likeness (QED) is 0.0603. The van der Waals surface area contributed by atoms with Crippen molar-refractivity contribution in [2.75, 3.05) is 52.7 Å². The fourth-order valence-corrected chi connectivity index (χ4v) is 11.8. The van der Waals surface area contributed by atoms with Crippen LogP contribution in [-0.2, 0) is 44.0 Å². The van der Waals surface area contributed by atoms with Crippen molar-refractivity contribution >= 4 is 25.4 Å². The Hall–Kier alpha value is -1.30. The summed E-state index contributed by atoms with van der Waals surface area (Å²) in [5, 5.41) is 3.36. The van der Waals surface area contributed by atoms with Crippen LogP contribution in [0, 0.1) is 0 Å². The van der Waals surface area contributed by atoms with Gasteiger partial charge in [0, 0.05) is 50.7 Å². The average molecular weight is 704 g/mol. The van der Waals surface area contributed by atoms with E-state index in [4.69, 9.17) is 45.8 Å². The van der Waals surface area contributed by atoms with Crippen molar-refractivity contribution in [1.29, 1.82) is 0 Å². The molecule has 0 saturated carbocycles. The topological polar surface area (TPSA) is 145 Å². The first-order chi connectivity index (χ1) is 22.0. The molecule has 0 aliphatic heterocycles. The molecule has 0 aliphatic carbocycles. The van der Waals surface area contributed by atoms with E-state index in [-0.39, 0.29) is 5.04 Å². The highest BCUT2D eigenvalue weighted by Gasteiger charge is 2.60. The number of hydrogen-bond acceptors (Lipinski definition) is 8. The van der Waals surface area contributed by atoms with Crippen LogP contribution >= 0.6 is 7.82 Å². The Morgan fingerprint density at radius 3 is 1.35 bits per heavy atom. The first kappa shape index (κ1) is 42.7. The maximum atomic E-state index is 8.88. The largest absolute Gasteiger partial charge is 0.508 e. The predicted molar refractivity (Wildman–Crippen MR) is 185 cm³/mol. The molecule has 264 valence electrons. The Morgan fingerprint density at radius 1 is 0.630 bits per heavy atom. The van der Waals surface area contributed by atoms with Gasteiger partial charge in [-0.1, -0.05) is 60.7 Å². The highest BCUT2D eigenvalue weighted by molar-refractivity contribution is 7.45. The summed E-state index contributed by atoms with van der Waals surface area (Å²) < 4.78 is 47.0. The lowest BCUT2D eigenvalue weighted by Crippen LogP contribution is -2.59. The molecule has 0 spiro atoms.